The van der Waals surface area contributed by atoms with Crippen LogP contribution in [0.2, 0.25) is 0 Å². The molecule has 1 unspecified atom stereocenters. The first-order chi connectivity index (χ1) is 11.6. The Morgan fingerprint density at radius 1 is 1.08 bits per heavy atom. The van der Waals surface area contributed by atoms with Crippen LogP contribution in [-0.4, -0.2) is 24.4 Å². The van der Waals surface area contributed by atoms with Gasteiger partial charge in [-0.2, -0.15) is 0 Å². The molecule has 4 nitrogen and oxygen atoms in total. The number of hydrogen-bond acceptors (Lipinski definition) is 2. The summed E-state index contributed by atoms with van der Waals surface area (Å²) < 4.78 is 0. The van der Waals surface area contributed by atoms with Gasteiger partial charge in [0.1, 0.15) is 0 Å². The molecule has 4 heteroatoms. The molecule has 24 heavy (non-hydrogen) atoms. The van der Waals surface area contributed by atoms with Crippen molar-refractivity contribution in [1.29, 1.82) is 0 Å². The maximum absolute atomic E-state index is 12.2. The number of nitrogens with one attached hydrogen (secondary N) is 2. The Balaban J connectivity index is 1.82. The van der Waals surface area contributed by atoms with E-state index < -0.39 is 0 Å². The average molecular weight is 328 g/mol. The molecule has 130 valence electrons. The summed E-state index contributed by atoms with van der Waals surface area (Å²) in [4.78, 5) is 24.2. The normalized spacial score (nSPS) is 15.3. The van der Waals surface area contributed by atoms with Crippen LogP contribution in [0, 0.1) is 0 Å². The van der Waals surface area contributed by atoms with Crippen LogP contribution in [0.25, 0.3) is 0 Å². The summed E-state index contributed by atoms with van der Waals surface area (Å²) >= 11 is 0. The van der Waals surface area contributed by atoms with Crippen molar-refractivity contribution < 1.29 is 9.59 Å². The smallest absolute Gasteiger partial charge is 0.251 e. The minimum Gasteiger partial charge on any atom is -0.352 e. The summed E-state index contributed by atoms with van der Waals surface area (Å²) in [5.41, 5.74) is 2.63. The second-order valence-electron chi connectivity index (χ2n) is 6.47. The van der Waals surface area contributed by atoms with E-state index in [0.717, 1.165) is 19.3 Å². The molecule has 1 atom stereocenters. The highest BCUT2D eigenvalue weighted by Crippen LogP contribution is 2.19. The van der Waals surface area contributed by atoms with Gasteiger partial charge in [-0.25, -0.2) is 0 Å². The van der Waals surface area contributed by atoms with Gasteiger partial charge in [0.05, 0.1) is 0 Å². The van der Waals surface area contributed by atoms with Crippen molar-refractivity contribution in [3.05, 3.63) is 47.0 Å². The molecule has 1 aromatic carbocycles. The fraction of sp³-hybridized carbons (Fsp3) is 0.500. The summed E-state index contributed by atoms with van der Waals surface area (Å²) in [6, 6.07) is 6.98. The number of rotatable bonds is 7. The van der Waals surface area contributed by atoms with Gasteiger partial charge < -0.3 is 10.6 Å². The van der Waals surface area contributed by atoms with E-state index in [9.17, 15) is 9.59 Å². The van der Waals surface area contributed by atoms with E-state index in [2.05, 4.69) is 16.7 Å². The van der Waals surface area contributed by atoms with Crippen molar-refractivity contribution in [1.82, 2.24) is 10.6 Å². The van der Waals surface area contributed by atoms with Gasteiger partial charge in [0.25, 0.3) is 11.8 Å². The maximum atomic E-state index is 12.2. The van der Waals surface area contributed by atoms with Crippen molar-refractivity contribution in [3.8, 4) is 0 Å². The molecular formula is C20H28N2O2. The van der Waals surface area contributed by atoms with Crippen molar-refractivity contribution in [2.45, 2.75) is 58.4 Å². The first-order valence-corrected chi connectivity index (χ1v) is 8.97. The van der Waals surface area contributed by atoms with E-state index in [0.29, 0.717) is 17.7 Å². The topological polar surface area (TPSA) is 58.2 Å². The van der Waals surface area contributed by atoms with E-state index in [4.69, 9.17) is 0 Å². The van der Waals surface area contributed by atoms with Crippen LogP contribution in [0.15, 0.2) is 35.9 Å². The zero-order valence-corrected chi connectivity index (χ0v) is 14.7. The number of carbonyl (C=O) groups is 2. The summed E-state index contributed by atoms with van der Waals surface area (Å²) in [6.45, 7) is 4.67. The number of allylic oxidation sites excluding steroid dienone is 1. The lowest BCUT2D eigenvalue weighted by Crippen LogP contribution is -2.32. The van der Waals surface area contributed by atoms with Crippen LogP contribution in [0.5, 0.6) is 0 Å². The monoisotopic (exact) mass is 328 g/mol. The average Bonchev–Trinajstić information content (AvgIpc) is 2.62. The molecule has 0 spiro atoms. The maximum Gasteiger partial charge on any atom is 0.251 e. The number of carbonyl (C=O) groups excluding carboxylic acids is 2. The summed E-state index contributed by atoms with van der Waals surface area (Å²) in [6.07, 6.45) is 9.01. The Bertz CT molecular complexity index is 590. The van der Waals surface area contributed by atoms with Crippen molar-refractivity contribution in [2.24, 2.45) is 0 Å². The van der Waals surface area contributed by atoms with E-state index in [1.807, 2.05) is 13.8 Å². The summed E-state index contributed by atoms with van der Waals surface area (Å²) in [7, 11) is 0. The lowest BCUT2D eigenvalue weighted by Gasteiger charge is -2.13. The Kier molecular flexibility index (Phi) is 7.04. The van der Waals surface area contributed by atoms with Crippen LogP contribution >= 0.6 is 0 Å². The van der Waals surface area contributed by atoms with Crippen molar-refractivity contribution >= 4 is 11.8 Å². The van der Waals surface area contributed by atoms with E-state index in [1.54, 1.807) is 24.3 Å². The van der Waals surface area contributed by atoms with Crippen LogP contribution < -0.4 is 10.6 Å². The van der Waals surface area contributed by atoms with Gasteiger partial charge >= 0.3 is 0 Å². The van der Waals surface area contributed by atoms with Crippen LogP contribution in [0.4, 0.5) is 0 Å². The highest BCUT2D eigenvalue weighted by atomic mass is 16.2. The van der Waals surface area contributed by atoms with Gasteiger partial charge in [-0.3, -0.25) is 9.59 Å². The highest BCUT2D eigenvalue weighted by Gasteiger charge is 2.11. The molecule has 2 rings (SSSR count). The molecule has 2 amide bonds. The zero-order chi connectivity index (χ0) is 17.4. The quantitative estimate of drug-likeness (QED) is 0.747. The first-order valence-electron chi connectivity index (χ1n) is 8.97. The molecule has 0 aromatic heterocycles. The molecular weight excluding hydrogens is 300 g/mol. The molecule has 0 heterocycles. The largest absolute Gasteiger partial charge is 0.352 e. The third-order valence-corrected chi connectivity index (χ3v) is 4.52. The molecule has 1 aliphatic rings. The van der Waals surface area contributed by atoms with Crippen LogP contribution in [0.3, 0.4) is 0 Å². The summed E-state index contributed by atoms with van der Waals surface area (Å²) in [5, 5.41) is 5.88. The lowest BCUT2D eigenvalue weighted by molar-refractivity contribution is 0.0932. The van der Waals surface area contributed by atoms with Crippen LogP contribution in [-0.2, 0) is 0 Å². The Labute approximate surface area is 144 Å². The standard InChI is InChI=1S/C20H28N2O2/c1-3-15(2)22-20(24)18-11-9-17(10-12-18)19(23)21-14-13-16-7-5-4-6-8-16/h7,9-12,15H,3-6,8,13-14H2,1-2H3,(H,21,23)(H,22,24). The number of amides is 2. The minimum absolute atomic E-state index is 0.0831. The molecule has 0 saturated heterocycles. The fourth-order valence-corrected chi connectivity index (χ4v) is 2.75. The molecule has 1 aromatic rings. The van der Waals surface area contributed by atoms with Gasteiger partial charge in [-0.1, -0.05) is 18.6 Å². The Hall–Kier alpha value is -2.10. The van der Waals surface area contributed by atoms with Gasteiger partial charge in [-0.05, 0) is 69.7 Å². The van der Waals surface area contributed by atoms with E-state index in [-0.39, 0.29) is 17.9 Å². The zero-order valence-electron chi connectivity index (χ0n) is 14.7. The molecule has 0 saturated carbocycles. The van der Waals surface area contributed by atoms with E-state index in [1.165, 1.54) is 24.8 Å². The number of hydrogen-bond donors (Lipinski definition) is 2. The number of benzene rings is 1. The van der Waals surface area contributed by atoms with E-state index >= 15 is 0 Å². The molecule has 0 aliphatic heterocycles. The predicted molar refractivity (Wildman–Crippen MR) is 97.2 cm³/mol. The molecule has 1 aliphatic carbocycles. The third-order valence-electron chi connectivity index (χ3n) is 4.52. The predicted octanol–water partition coefficient (Wildman–Crippen LogP) is 3.84. The minimum atomic E-state index is -0.0967. The first kappa shape index (κ1) is 18.2. The Morgan fingerprint density at radius 3 is 2.33 bits per heavy atom. The fourth-order valence-electron chi connectivity index (χ4n) is 2.75. The molecule has 2 N–H and O–H groups in total. The highest BCUT2D eigenvalue weighted by molar-refractivity contribution is 5.97. The Morgan fingerprint density at radius 2 is 1.75 bits per heavy atom. The molecule has 0 radical (unpaired) electrons. The van der Waals surface area contributed by atoms with Gasteiger partial charge in [0, 0.05) is 23.7 Å². The second-order valence-corrected chi connectivity index (χ2v) is 6.47. The molecule has 0 fully saturated rings. The van der Waals surface area contributed by atoms with Gasteiger partial charge in [0.2, 0.25) is 0 Å². The third kappa shape index (κ3) is 5.52. The lowest BCUT2D eigenvalue weighted by atomic mass is 9.97. The van der Waals surface area contributed by atoms with Gasteiger partial charge in [-0.15, -0.1) is 0 Å². The SMILES string of the molecule is CCC(C)NC(=O)c1ccc(C(=O)NCCC2=CCCCC2)cc1. The van der Waals surface area contributed by atoms with Gasteiger partial charge in [0.15, 0.2) is 0 Å². The van der Waals surface area contributed by atoms with Crippen LogP contribution in [0.1, 0.15) is 73.1 Å². The molecule has 0 bridgehead atoms. The second kappa shape index (κ2) is 9.26. The van der Waals surface area contributed by atoms with Crippen molar-refractivity contribution in [3.63, 3.8) is 0 Å². The summed E-state index contributed by atoms with van der Waals surface area (Å²) in [5.74, 6) is -0.180. The van der Waals surface area contributed by atoms with Crippen molar-refractivity contribution in [2.75, 3.05) is 6.54 Å².